The second kappa shape index (κ2) is 5.10. The Balaban J connectivity index is 2.43. The van der Waals surface area contributed by atoms with Gasteiger partial charge in [0, 0.05) is 12.5 Å². The van der Waals surface area contributed by atoms with E-state index in [0.29, 0.717) is 4.31 Å². The molecule has 3 atom stereocenters. The minimum Gasteiger partial charge on any atom is -0.480 e. The van der Waals surface area contributed by atoms with Gasteiger partial charge in [-0.2, -0.15) is 4.31 Å². The number of carbonyl (C=O) groups is 1. The van der Waals surface area contributed by atoms with E-state index in [0.717, 1.165) is 24.3 Å². The maximum atomic E-state index is 13.7. The Labute approximate surface area is 114 Å². The Hall–Kier alpha value is -1.54. The van der Waals surface area contributed by atoms with E-state index in [1.807, 2.05) is 0 Å². The highest BCUT2D eigenvalue weighted by atomic mass is 32.2. The fourth-order valence-electron chi connectivity index (χ4n) is 2.25. The van der Waals surface area contributed by atoms with Gasteiger partial charge < -0.3 is 5.11 Å². The largest absolute Gasteiger partial charge is 0.480 e. The lowest BCUT2D eigenvalue weighted by Gasteiger charge is -2.22. The first-order valence-corrected chi connectivity index (χ1v) is 7.33. The molecule has 110 valence electrons. The molecule has 20 heavy (non-hydrogen) atoms. The first-order chi connectivity index (χ1) is 9.25. The smallest absolute Gasteiger partial charge is 0.322 e. The fourth-order valence-corrected chi connectivity index (χ4v) is 3.92. The van der Waals surface area contributed by atoms with E-state index >= 15 is 0 Å². The van der Waals surface area contributed by atoms with E-state index in [-0.39, 0.29) is 4.90 Å². The summed E-state index contributed by atoms with van der Waals surface area (Å²) in [5, 5.41) is 9.09. The number of aliphatic carboxylic acids is 1. The summed E-state index contributed by atoms with van der Waals surface area (Å²) in [5.74, 6) is -2.96. The van der Waals surface area contributed by atoms with Crippen molar-refractivity contribution >= 4 is 16.0 Å². The molecule has 0 spiro atoms. The molecule has 1 aliphatic rings. The van der Waals surface area contributed by atoms with Crippen molar-refractivity contribution in [3.63, 3.8) is 0 Å². The predicted molar refractivity (Wildman–Crippen MR) is 65.8 cm³/mol. The van der Waals surface area contributed by atoms with Crippen molar-refractivity contribution in [2.45, 2.75) is 24.0 Å². The number of hydrogen-bond donors (Lipinski definition) is 1. The summed E-state index contributed by atoms with van der Waals surface area (Å²) in [6.07, 6.45) is -1.55. The second-order valence-electron chi connectivity index (χ2n) is 4.69. The average molecular weight is 305 g/mol. The van der Waals surface area contributed by atoms with Gasteiger partial charge in [0.05, 0.1) is 4.90 Å². The standard InChI is InChI=1S/C12H13F2NO4S/c1-7-10(14)6-15(11(7)12(16)17)20(18,19)9-4-2-8(13)3-5-9/h2-5,7,10-11H,6H2,1H3,(H,16,17)/t7-,10+,11-/m0/s1. The lowest BCUT2D eigenvalue weighted by Crippen LogP contribution is -2.42. The van der Waals surface area contributed by atoms with E-state index in [9.17, 15) is 22.0 Å². The Kier molecular flexibility index (Phi) is 3.79. The van der Waals surface area contributed by atoms with E-state index in [2.05, 4.69) is 0 Å². The molecule has 1 heterocycles. The van der Waals surface area contributed by atoms with E-state index < -0.39 is 46.5 Å². The second-order valence-corrected chi connectivity index (χ2v) is 6.58. The number of nitrogens with zero attached hydrogens (tertiary/aromatic N) is 1. The monoisotopic (exact) mass is 305 g/mol. The van der Waals surface area contributed by atoms with Crippen molar-refractivity contribution in [2.75, 3.05) is 6.54 Å². The molecule has 0 amide bonds. The van der Waals surface area contributed by atoms with E-state index in [1.54, 1.807) is 0 Å². The summed E-state index contributed by atoms with van der Waals surface area (Å²) in [4.78, 5) is 10.9. The Morgan fingerprint density at radius 2 is 1.90 bits per heavy atom. The summed E-state index contributed by atoms with van der Waals surface area (Å²) in [6.45, 7) is 0.835. The molecule has 0 unspecified atom stereocenters. The number of benzene rings is 1. The molecule has 5 nitrogen and oxygen atoms in total. The van der Waals surface area contributed by atoms with Crippen LogP contribution in [0, 0.1) is 11.7 Å². The van der Waals surface area contributed by atoms with Crippen LogP contribution in [-0.2, 0) is 14.8 Å². The first kappa shape index (κ1) is 14.9. The van der Waals surface area contributed by atoms with Crippen molar-refractivity contribution in [1.82, 2.24) is 4.31 Å². The normalized spacial score (nSPS) is 27.6. The maximum Gasteiger partial charge on any atom is 0.322 e. The summed E-state index contributed by atoms with van der Waals surface area (Å²) in [7, 11) is -4.17. The number of halogens is 2. The van der Waals surface area contributed by atoms with Gasteiger partial charge in [-0.15, -0.1) is 0 Å². The van der Waals surface area contributed by atoms with Crippen LogP contribution in [0.1, 0.15) is 6.92 Å². The Morgan fingerprint density at radius 3 is 2.40 bits per heavy atom. The topological polar surface area (TPSA) is 74.7 Å². The van der Waals surface area contributed by atoms with Crippen LogP contribution >= 0.6 is 0 Å². The van der Waals surface area contributed by atoms with Crippen LogP contribution < -0.4 is 0 Å². The highest BCUT2D eigenvalue weighted by Crippen LogP contribution is 2.32. The van der Waals surface area contributed by atoms with Crippen LogP contribution in [0.25, 0.3) is 0 Å². The van der Waals surface area contributed by atoms with Crippen molar-refractivity contribution in [3.8, 4) is 0 Å². The Bertz CT molecular complexity index is 617. The summed E-state index contributed by atoms with van der Waals surface area (Å²) in [5.41, 5.74) is 0. The predicted octanol–water partition coefficient (Wildman–Crippen LogP) is 1.26. The fraction of sp³-hybridized carbons (Fsp3) is 0.417. The van der Waals surface area contributed by atoms with Crippen molar-refractivity contribution in [2.24, 2.45) is 5.92 Å². The molecule has 0 saturated carbocycles. The SMILES string of the molecule is C[C@H]1[C@H](F)CN(S(=O)(=O)c2ccc(F)cc2)[C@@H]1C(=O)O. The molecule has 1 N–H and O–H groups in total. The molecule has 0 bridgehead atoms. The van der Waals surface area contributed by atoms with Gasteiger partial charge in [-0.05, 0) is 24.3 Å². The number of rotatable bonds is 3. The van der Waals surface area contributed by atoms with Crippen LogP contribution in [-0.4, -0.2) is 42.6 Å². The molecular formula is C12H13F2NO4S. The zero-order valence-corrected chi connectivity index (χ0v) is 11.3. The Morgan fingerprint density at radius 1 is 1.35 bits per heavy atom. The molecule has 1 aromatic carbocycles. The van der Waals surface area contributed by atoms with Crippen LogP contribution in [0.5, 0.6) is 0 Å². The van der Waals surface area contributed by atoms with Crippen molar-refractivity contribution < 1.29 is 27.1 Å². The number of hydrogen-bond acceptors (Lipinski definition) is 3. The quantitative estimate of drug-likeness (QED) is 0.912. The molecule has 1 aliphatic heterocycles. The van der Waals surface area contributed by atoms with Crippen molar-refractivity contribution in [3.05, 3.63) is 30.1 Å². The van der Waals surface area contributed by atoms with Crippen molar-refractivity contribution in [1.29, 1.82) is 0 Å². The zero-order chi connectivity index (χ0) is 15.1. The zero-order valence-electron chi connectivity index (χ0n) is 10.5. The molecule has 1 aromatic rings. The summed E-state index contributed by atoms with van der Waals surface area (Å²) < 4.78 is 51.8. The molecule has 8 heteroatoms. The summed E-state index contributed by atoms with van der Waals surface area (Å²) in [6, 6.07) is 2.50. The molecule has 0 aliphatic carbocycles. The molecule has 0 aromatic heterocycles. The highest BCUT2D eigenvalue weighted by Gasteiger charge is 2.49. The average Bonchev–Trinajstić information content (AvgIpc) is 2.67. The molecule has 1 fully saturated rings. The lowest BCUT2D eigenvalue weighted by molar-refractivity contribution is -0.141. The van der Waals surface area contributed by atoms with Gasteiger partial charge in [-0.25, -0.2) is 17.2 Å². The molecule has 2 rings (SSSR count). The van der Waals surface area contributed by atoms with E-state index in [4.69, 9.17) is 5.11 Å². The third-order valence-electron chi connectivity index (χ3n) is 3.41. The van der Waals surface area contributed by atoms with Gasteiger partial charge in [0.2, 0.25) is 10.0 Å². The molecule has 1 saturated heterocycles. The van der Waals surface area contributed by atoms with Crippen LogP contribution in [0.15, 0.2) is 29.2 Å². The number of sulfonamides is 1. The van der Waals surface area contributed by atoms with Gasteiger partial charge in [-0.1, -0.05) is 6.92 Å². The van der Waals surface area contributed by atoms with Crippen LogP contribution in [0.2, 0.25) is 0 Å². The molecule has 0 radical (unpaired) electrons. The van der Waals surface area contributed by atoms with Gasteiger partial charge in [-0.3, -0.25) is 4.79 Å². The number of alkyl halides is 1. The van der Waals surface area contributed by atoms with Crippen LogP contribution in [0.3, 0.4) is 0 Å². The maximum absolute atomic E-state index is 13.7. The minimum atomic E-state index is -4.17. The van der Waals surface area contributed by atoms with Gasteiger partial charge in [0.1, 0.15) is 18.0 Å². The minimum absolute atomic E-state index is 0.258. The molecular weight excluding hydrogens is 292 g/mol. The first-order valence-electron chi connectivity index (χ1n) is 5.89. The number of carboxylic acids is 1. The lowest BCUT2D eigenvalue weighted by atomic mass is 10.0. The van der Waals surface area contributed by atoms with E-state index in [1.165, 1.54) is 6.92 Å². The third kappa shape index (κ3) is 2.40. The van der Waals surface area contributed by atoms with Gasteiger partial charge in [0.25, 0.3) is 0 Å². The number of carboxylic acid groups (broad SMARTS) is 1. The van der Waals surface area contributed by atoms with Crippen LogP contribution in [0.4, 0.5) is 8.78 Å². The van der Waals surface area contributed by atoms with Gasteiger partial charge >= 0.3 is 5.97 Å². The highest BCUT2D eigenvalue weighted by molar-refractivity contribution is 7.89. The van der Waals surface area contributed by atoms with Gasteiger partial charge in [0.15, 0.2) is 0 Å². The third-order valence-corrected chi connectivity index (χ3v) is 5.27. The summed E-state index contributed by atoms with van der Waals surface area (Å²) >= 11 is 0.